The Morgan fingerprint density at radius 1 is 0.817 bits per heavy atom. The summed E-state index contributed by atoms with van der Waals surface area (Å²) in [5.74, 6) is 1.85. The lowest BCUT2D eigenvalue weighted by atomic mass is 10.0. The Morgan fingerprint density at radius 2 is 1.50 bits per heavy atom. The monoisotopic (exact) mass is 820 g/mol. The van der Waals surface area contributed by atoms with Gasteiger partial charge in [0, 0.05) is 49.4 Å². The number of hydrogen-bond acceptors (Lipinski definition) is 12. The van der Waals surface area contributed by atoms with Gasteiger partial charge in [-0.3, -0.25) is 19.2 Å². The summed E-state index contributed by atoms with van der Waals surface area (Å²) in [6.07, 6.45) is 6.55. The summed E-state index contributed by atoms with van der Waals surface area (Å²) in [6.45, 7) is 9.03. The number of hydrogen-bond donors (Lipinski definition) is 5. The van der Waals surface area contributed by atoms with Crippen molar-refractivity contribution >= 4 is 46.1 Å². The average Bonchev–Trinajstić information content (AvgIpc) is 4.08. The van der Waals surface area contributed by atoms with Crippen molar-refractivity contribution in [2.45, 2.75) is 135 Å². The van der Waals surface area contributed by atoms with Gasteiger partial charge in [0.05, 0.1) is 45.9 Å². The van der Waals surface area contributed by atoms with E-state index in [-0.39, 0.29) is 54.0 Å². The molecule has 6 atom stereocenters. The summed E-state index contributed by atoms with van der Waals surface area (Å²) in [4.78, 5) is 52.5. The third-order valence-electron chi connectivity index (χ3n) is 12.1. The number of nitrogens with zero attached hydrogens (tertiary/aromatic N) is 4. The van der Waals surface area contributed by atoms with E-state index in [1.165, 1.54) is 6.92 Å². The summed E-state index contributed by atoms with van der Waals surface area (Å²) >= 11 is 0. The molecule has 0 spiro atoms. The number of aryl methyl sites for hydroxylation is 4. The summed E-state index contributed by atoms with van der Waals surface area (Å²) < 4.78 is 18.4. The van der Waals surface area contributed by atoms with E-state index in [2.05, 4.69) is 54.3 Å². The molecule has 5 aromatic rings. The zero-order valence-electron chi connectivity index (χ0n) is 34.6. The van der Waals surface area contributed by atoms with Crippen molar-refractivity contribution in [2.75, 3.05) is 10.6 Å². The van der Waals surface area contributed by atoms with Crippen molar-refractivity contribution in [1.82, 2.24) is 30.5 Å². The Kier molecular flexibility index (Phi) is 11.5. The maximum atomic E-state index is 12.7. The van der Waals surface area contributed by atoms with E-state index in [0.29, 0.717) is 37.1 Å². The van der Waals surface area contributed by atoms with E-state index in [1.54, 1.807) is 0 Å². The van der Waals surface area contributed by atoms with Crippen LogP contribution in [0.2, 0.25) is 0 Å². The van der Waals surface area contributed by atoms with E-state index in [4.69, 9.17) is 18.8 Å². The van der Waals surface area contributed by atoms with Gasteiger partial charge in [-0.15, -0.1) is 0 Å². The van der Waals surface area contributed by atoms with Crippen LogP contribution in [0.15, 0.2) is 45.4 Å². The topological polar surface area (TPSA) is 216 Å². The highest BCUT2D eigenvalue weighted by molar-refractivity contribution is 6.01. The van der Waals surface area contributed by atoms with Crippen LogP contribution in [0.4, 0.5) is 11.4 Å². The zero-order valence-corrected chi connectivity index (χ0v) is 34.6. The van der Waals surface area contributed by atoms with Crippen molar-refractivity contribution in [2.24, 2.45) is 0 Å². The lowest BCUT2D eigenvalue weighted by Gasteiger charge is -2.20. The molecular formula is C44H52N8O8. The Labute approximate surface area is 347 Å². The number of anilines is 2. The van der Waals surface area contributed by atoms with Crippen LogP contribution in [-0.4, -0.2) is 73.0 Å². The molecule has 3 amide bonds. The summed E-state index contributed by atoms with van der Waals surface area (Å²) in [6, 6.07) is 11.7. The van der Waals surface area contributed by atoms with E-state index in [0.717, 1.165) is 100 Å². The third-order valence-corrected chi connectivity index (χ3v) is 12.1. The SMILES string of the molecule is CC(=O)O[C@@H]1CC[C@@H](n2c([C@@H]3CCC(=O)N3)nc3cc(-c4c(C)noc4C)ccc32)C1.Cc1noc(C)c1-c1ccc(N[C@@H]2CC[C@@H](O)C2)c(NC(=O)[C@@H]2CCC(=O)N2)c1. The number of imidazole rings is 1. The molecule has 16 heteroatoms. The van der Waals surface area contributed by atoms with Gasteiger partial charge in [0.1, 0.15) is 29.5 Å². The van der Waals surface area contributed by atoms with E-state index in [9.17, 15) is 24.3 Å². The highest BCUT2D eigenvalue weighted by Gasteiger charge is 2.35. The van der Waals surface area contributed by atoms with Crippen LogP contribution < -0.4 is 21.3 Å². The normalized spacial score (nSPS) is 23.6. The predicted octanol–water partition coefficient (Wildman–Crippen LogP) is 6.42. The number of ether oxygens (including phenoxy) is 1. The predicted molar refractivity (Wildman–Crippen MR) is 222 cm³/mol. The number of benzene rings is 2. The number of aliphatic hydroxyl groups excluding tert-OH is 1. The molecule has 3 aromatic heterocycles. The van der Waals surface area contributed by atoms with Crippen LogP contribution in [0.5, 0.6) is 0 Å². The first-order valence-electron chi connectivity index (χ1n) is 20.8. The zero-order chi connectivity index (χ0) is 42.2. The summed E-state index contributed by atoms with van der Waals surface area (Å²) in [5, 5.41) is 30.1. The number of fused-ring (bicyclic) bond motifs is 1. The minimum absolute atomic E-state index is 0.0595. The fourth-order valence-electron chi connectivity index (χ4n) is 9.26. The molecular weight excluding hydrogens is 769 g/mol. The van der Waals surface area contributed by atoms with Gasteiger partial charge in [0.2, 0.25) is 17.7 Å². The van der Waals surface area contributed by atoms with E-state index in [1.807, 2.05) is 45.9 Å². The highest BCUT2D eigenvalue weighted by Crippen LogP contribution is 2.40. The quantitative estimate of drug-likeness (QED) is 0.102. The second-order valence-electron chi connectivity index (χ2n) is 16.5. The summed E-state index contributed by atoms with van der Waals surface area (Å²) in [5.41, 5.74) is 8.75. The molecule has 2 saturated heterocycles. The van der Waals surface area contributed by atoms with Crippen molar-refractivity contribution in [3.63, 3.8) is 0 Å². The average molecular weight is 821 g/mol. The van der Waals surface area contributed by atoms with Gasteiger partial charge in [-0.1, -0.05) is 22.4 Å². The van der Waals surface area contributed by atoms with Crippen LogP contribution in [0, 0.1) is 27.7 Å². The molecule has 0 radical (unpaired) electrons. The van der Waals surface area contributed by atoms with Gasteiger partial charge in [-0.25, -0.2) is 4.98 Å². The molecule has 4 aliphatic rings. The molecule has 0 bridgehead atoms. The molecule has 316 valence electrons. The second kappa shape index (κ2) is 16.9. The van der Waals surface area contributed by atoms with Crippen molar-refractivity contribution < 1.29 is 38.1 Å². The molecule has 2 saturated carbocycles. The fraction of sp³-hybridized carbons (Fsp3) is 0.477. The summed E-state index contributed by atoms with van der Waals surface area (Å²) in [7, 11) is 0. The Bertz CT molecular complexity index is 2410. The number of amides is 3. The number of rotatable bonds is 9. The number of aromatic nitrogens is 4. The van der Waals surface area contributed by atoms with E-state index >= 15 is 0 Å². The van der Waals surface area contributed by atoms with Gasteiger partial charge < -0.3 is 44.7 Å². The molecule has 4 fully saturated rings. The van der Waals surface area contributed by atoms with Gasteiger partial charge in [-0.2, -0.15) is 0 Å². The number of esters is 1. The molecule has 2 aliphatic heterocycles. The molecule has 60 heavy (non-hydrogen) atoms. The van der Waals surface area contributed by atoms with E-state index < -0.39 is 6.04 Å². The van der Waals surface area contributed by atoms with Gasteiger partial charge in [-0.05, 0) is 108 Å². The largest absolute Gasteiger partial charge is 0.462 e. The smallest absolute Gasteiger partial charge is 0.302 e. The van der Waals surface area contributed by atoms with Crippen molar-refractivity contribution in [3.8, 4) is 22.3 Å². The minimum Gasteiger partial charge on any atom is -0.462 e. The number of nitrogens with one attached hydrogen (secondary N) is 4. The first kappa shape index (κ1) is 40.7. The Balaban J connectivity index is 0.000000167. The molecule has 16 nitrogen and oxygen atoms in total. The Hall–Kier alpha value is -6.03. The first-order valence-corrected chi connectivity index (χ1v) is 20.8. The fourth-order valence-corrected chi connectivity index (χ4v) is 9.26. The maximum Gasteiger partial charge on any atom is 0.302 e. The van der Waals surface area contributed by atoms with Crippen LogP contribution in [-0.2, 0) is 23.9 Å². The maximum absolute atomic E-state index is 12.7. The molecule has 2 aromatic carbocycles. The standard InChI is InChI=1S/C23H26N4O4.C21H26N4O4/c1-12-22(13(2)31-26-12)15-4-8-20-19(10-15)25-23(18-7-9-21(29)24-18)27(20)16-5-6-17(11-16)30-14(3)28;1-11-20(12(2)29-25-11)13-3-6-16(22-14-4-5-15(26)10-14)18(9-13)24-21(28)17-7-8-19(27)23-17/h4,8,10,16-18H,5-7,9,11H2,1-3H3,(H,24,29);3,6,9,14-15,17,22,26H,4-5,7-8,10H2,1-2H3,(H,23,27)(H,24,28)/t16-,17-,18+;14-,15-,17+/m11/s1. The number of carbonyl (C=O) groups excluding carboxylic acids is 4. The second-order valence-corrected chi connectivity index (χ2v) is 16.5. The molecule has 2 aliphatic carbocycles. The third kappa shape index (κ3) is 8.51. The minimum atomic E-state index is -0.522. The van der Waals surface area contributed by atoms with Crippen molar-refractivity contribution in [1.29, 1.82) is 0 Å². The van der Waals surface area contributed by atoms with Crippen molar-refractivity contribution in [3.05, 3.63) is 65.1 Å². The number of carbonyl (C=O) groups is 4. The van der Waals surface area contributed by atoms with Crippen LogP contribution >= 0.6 is 0 Å². The van der Waals surface area contributed by atoms with Gasteiger partial charge in [0.25, 0.3) is 0 Å². The molecule has 0 unspecified atom stereocenters. The lowest BCUT2D eigenvalue weighted by Crippen LogP contribution is -2.37. The van der Waals surface area contributed by atoms with Crippen LogP contribution in [0.1, 0.15) is 112 Å². The van der Waals surface area contributed by atoms with Gasteiger partial charge in [0.15, 0.2) is 0 Å². The highest BCUT2D eigenvalue weighted by atomic mass is 16.5. The molecule has 5 heterocycles. The van der Waals surface area contributed by atoms with Gasteiger partial charge >= 0.3 is 5.97 Å². The molecule has 9 rings (SSSR count). The first-order chi connectivity index (χ1) is 28.8. The Morgan fingerprint density at radius 3 is 2.10 bits per heavy atom. The number of aliphatic hydroxyl groups is 1. The molecule has 5 N–H and O–H groups in total. The van der Waals surface area contributed by atoms with Crippen LogP contribution in [0.3, 0.4) is 0 Å². The lowest BCUT2D eigenvalue weighted by molar-refractivity contribution is -0.146. The van der Waals surface area contributed by atoms with Crippen LogP contribution in [0.25, 0.3) is 33.3 Å².